The summed E-state index contributed by atoms with van der Waals surface area (Å²) in [4.78, 5) is 30.7. The lowest BCUT2D eigenvalue weighted by molar-refractivity contribution is -0.117. The van der Waals surface area contributed by atoms with Gasteiger partial charge in [-0.25, -0.2) is 14.2 Å². The van der Waals surface area contributed by atoms with Gasteiger partial charge in [-0.15, -0.1) is 11.3 Å². The fourth-order valence-electron chi connectivity index (χ4n) is 4.65. The normalized spacial score (nSPS) is 16.5. The summed E-state index contributed by atoms with van der Waals surface area (Å²) in [6.45, 7) is 2.65. The molecule has 4 aromatic rings. The number of thiazole rings is 1. The van der Waals surface area contributed by atoms with E-state index in [1.54, 1.807) is 17.6 Å². The van der Waals surface area contributed by atoms with Crippen molar-refractivity contribution in [1.29, 1.82) is 0 Å². The third kappa shape index (κ3) is 5.11. The number of methoxy groups -OCH3 is 1. The number of carboxylic acid groups (broad SMARTS) is 1. The molecule has 9 nitrogen and oxygen atoms in total. The number of nitrogens with one attached hydrogen (secondary N) is 3. The van der Waals surface area contributed by atoms with Crippen LogP contribution in [-0.4, -0.2) is 40.6 Å². The summed E-state index contributed by atoms with van der Waals surface area (Å²) in [7, 11) is 1.53. The fraction of sp³-hybridized carbons (Fsp3) is 0.222. The summed E-state index contributed by atoms with van der Waals surface area (Å²) >= 11 is 1.35. The van der Waals surface area contributed by atoms with E-state index in [0.717, 1.165) is 17.5 Å². The summed E-state index contributed by atoms with van der Waals surface area (Å²) < 4.78 is 26.6. The number of hydrogen-bond donors (Lipinski definition) is 4. The van der Waals surface area contributed by atoms with Crippen molar-refractivity contribution in [3.05, 3.63) is 76.8 Å². The number of nitrogens with zero attached hydrogens (tertiary/aromatic N) is 1. The first-order valence-corrected chi connectivity index (χ1v) is 12.7. The van der Waals surface area contributed by atoms with Gasteiger partial charge in [0.15, 0.2) is 16.6 Å². The zero-order valence-corrected chi connectivity index (χ0v) is 21.4. The van der Waals surface area contributed by atoms with Gasteiger partial charge in [0.25, 0.3) is 0 Å². The highest BCUT2D eigenvalue weighted by Gasteiger charge is 2.35. The number of aromatic amines is 1. The Balaban J connectivity index is 1.42. The number of carbonyl (C=O) groups is 2. The first-order chi connectivity index (χ1) is 18.3. The van der Waals surface area contributed by atoms with Crippen LogP contribution in [0.1, 0.15) is 35.0 Å². The Hall–Kier alpha value is -4.22. The maximum Gasteiger partial charge on any atom is 0.352 e. The maximum atomic E-state index is 15.0. The van der Waals surface area contributed by atoms with Crippen LogP contribution in [-0.2, 0) is 16.8 Å². The van der Waals surface area contributed by atoms with E-state index in [1.165, 1.54) is 42.8 Å². The second-order valence-corrected chi connectivity index (χ2v) is 9.98. The Morgan fingerprint density at radius 3 is 2.76 bits per heavy atom. The van der Waals surface area contributed by atoms with Crippen molar-refractivity contribution < 1.29 is 28.6 Å². The molecule has 2 aromatic heterocycles. The molecule has 4 N–H and O–H groups in total. The highest BCUT2D eigenvalue weighted by molar-refractivity contribution is 7.13. The molecule has 196 valence electrons. The minimum Gasteiger partial charge on any atom is -0.493 e. The van der Waals surface area contributed by atoms with Gasteiger partial charge in [-0.3, -0.25) is 4.79 Å². The molecule has 0 saturated heterocycles. The number of ether oxygens (including phenoxy) is 2. The van der Waals surface area contributed by atoms with Gasteiger partial charge in [0.1, 0.15) is 17.3 Å². The zero-order valence-electron chi connectivity index (χ0n) is 20.6. The number of carboxylic acids is 1. The monoisotopic (exact) mass is 536 g/mol. The van der Waals surface area contributed by atoms with Crippen molar-refractivity contribution in [1.82, 2.24) is 15.3 Å². The lowest BCUT2D eigenvalue weighted by Crippen LogP contribution is -2.47. The van der Waals surface area contributed by atoms with Gasteiger partial charge >= 0.3 is 5.97 Å². The third-order valence-electron chi connectivity index (χ3n) is 6.48. The lowest BCUT2D eigenvalue weighted by atomic mass is 9.81. The molecule has 5 rings (SSSR count). The summed E-state index contributed by atoms with van der Waals surface area (Å²) in [5.74, 6) is -0.760. The summed E-state index contributed by atoms with van der Waals surface area (Å²) in [5, 5.41) is 17.7. The molecule has 2 aromatic carbocycles. The van der Waals surface area contributed by atoms with Gasteiger partial charge in [0.2, 0.25) is 5.91 Å². The minimum atomic E-state index is -1.13. The molecule has 0 saturated carbocycles. The third-order valence-corrected chi connectivity index (χ3v) is 7.17. The SMILES string of the molecule is COc1cc2c(cc1Oc1ccc(-c3c[nH]c(C(=O)O)c3)c(F)c1)C(C)(CC(=O)Nc1nccs1)NCC2. The number of halogens is 1. The number of amides is 1. The Bertz CT molecular complexity index is 1500. The number of anilines is 1. The first-order valence-electron chi connectivity index (χ1n) is 11.8. The van der Waals surface area contributed by atoms with E-state index in [-0.39, 0.29) is 29.3 Å². The maximum absolute atomic E-state index is 15.0. The van der Waals surface area contributed by atoms with Crippen LogP contribution in [0.15, 0.2) is 54.2 Å². The van der Waals surface area contributed by atoms with Crippen molar-refractivity contribution in [3.63, 3.8) is 0 Å². The largest absolute Gasteiger partial charge is 0.493 e. The van der Waals surface area contributed by atoms with E-state index >= 15 is 0 Å². The van der Waals surface area contributed by atoms with Crippen LogP contribution >= 0.6 is 11.3 Å². The van der Waals surface area contributed by atoms with Gasteiger partial charge in [-0.1, -0.05) is 0 Å². The number of hydrogen-bond acceptors (Lipinski definition) is 7. The Kier molecular flexibility index (Phi) is 6.87. The van der Waals surface area contributed by atoms with Crippen molar-refractivity contribution in [2.75, 3.05) is 19.0 Å². The molecule has 0 aliphatic carbocycles. The van der Waals surface area contributed by atoms with E-state index in [9.17, 15) is 14.0 Å². The van der Waals surface area contributed by atoms with Gasteiger partial charge in [0, 0.05) is 53.5 Å². The second kappa shape index (κ2) is 10.3. The van der Waals surface area contributed by atoms with E-state index in [1.807, 2.05) is 19.1 Å². The fourth-order valence-corrected chi connectivity index (χ4v) is 5.20. The Labute approximate surface area is 221 Å². The zero-order chi connectivity index (χ0) is 26.9. The van der Waals surface area contributed by atoms with Gasteiger partial charge < -0.3 is 30.2 Å². The van der Waals surface area contributed by atoms with E-state index < -0.39 is 17.3 Å². The number of benzene rings is 2. The molecule has 0 fully saturated rings. The number of H-pyrrole nitrogens is 1. The summed E-state index contributed by atoms with van der Waals surface area (Å²) in [5.41, 5.74) is 1.86. The average molecular weight is 537 g/mol. The molecule has 0 radical (unpaired) electrons. The van der Waals surface area contributed by atoms with Crippen LogP contribution in [0.4, 0.5) is 9.52 Å². The molecule has 0 bridgehead atoms. The van der Waals surface area contributed by atoms with Gasteiger partial charge in [0.05, 0.1) is 7.11 Å². The lowest BCUT2D eigenvalue weighted by Gasteiger charge is -2.37. The van der Waals surface area contributed by atoms with Crippen molar-refractivity contribution in [3.8, 4) is 28.4 Å². The number of aromatic nitrogens is 2. The molecule has 1 amide bonds. The molecule has 1 aliphatic rings. The van der Waals surface area contributed by atoms with Crippen LogP contribution in [0.2, 0.25) is 0 Å². The average Bonchev–Trinajstić information content (AvgIpc) is 3.57. The molecule has 38 heavy (non-hydrogen) atoms. The summed E-state index contributed by atoms with van der Waals surface area (Å²) in [6.07, 6.45) is 3.98. The van der Waals surface area contributed by atoms with Crippen molar-refractivity contribution in [2.24, 2.45) is 0 Å². The molecular weight excluding hydrogens is 511 g/mol. The molecular formula is C27H25FN4O5S. The van der Waals surface area contributed by atoms with E-state index in [4.69, 9.17) is 14.6 Å². The van der Waals surface area contributed by atoms with Crippen molar-refractivity contribution in [2.45, 2.75) is 25.3 Å². The number of fused-ring (bicyclic) bond motifs is 1. The van der Waals surface area contributed by atoms with Crippen LogP contribution in [0.3, 0.4) is 0 Å². The summed E-state index contributed by atoms with van der Waals surface area (Å²) in [6, 6.07) is 9.45. The van der Waals surface area contributed by atoms with Crippen LogP contribution in [0, 0.1) is 5.82 Å². The highest BCUT2D eigenvalue weighted by atomic mass is 32.1. The van der Waals surface area contributed by atoms with E-state index in [2.05, 4.69) is 20.6 Å². The van der Waals surface area contributed by atoms with Crippen molar-refractivity contribution >= 4 is 28.3 Å². The molecule has 1 unspecified atom stereocenters. The van der Waals surface area contributed by atoms with Crippen LogP contribution in [0.5, 0.6) is 17.2 Å². The second-order valence-electron chi connectivity index (χ2n) is 9.08. The highest BCUT2D eigenvalue weighted by Crippen LogP contribution is 2.41. The molecule has 11 heteroatoms. The minimum absolute atomic E-state index is 0.0319. The standard InChI is InChI=1S/C27H25FN4O5S/c1-27(13-24(33)32-26-29-7-8-38-26)19-12-23(22(36-2)10-15(19)5-6-31-27)37-17-3-4-18(20(28)11-17)16-9-21(25(34)35)30-14-16/h3-4,7-12,14,30-31H,5-6,13H2,1-2H3,(H,34,35)(H,29,32,33). The predicted molar refractivity (Wildman–Crippen MR) is 141 cm³/mol. The Morgan fingerprint density at radius 2 is 2.08 bits per heavy atom. The molecule has 0 spiro atoms. The smallest absolute Gasteiger partial charge is 0.352 e. The number of aromatic carboxylic acids is 1. The molecule has 1 aliphatic heterocycles. The van der Waals surface area contributed by atoms with Crippen LogP contribution < -0.4 is 20.1 Å². The first kappa shape index (κ1) is 25.4. The van der Waals surface area contributed by atoms with Crippen LogP contribution in [0.25, 0.3) is 11.1 Å². The number of rotatable bonds is 8. The molecule has 3 heterocycles. The topological polar surface area (TPSA) is 126 Å². The predicted octanol–water partition coefficient (Wildman–Crippen LogP) is 5.17. The Morgan fingerprint density at radius 1 is 1.24 bits per heavy atom. The van der Waals surface area contributed by atoms with Gasteiger partial charge in [-0.2, -0.15) is 0 Å². The number of carbonyl (C=O) groups excluding carboxylic acids is 1. The van der Waals surface area contributed by atoms with Gasteiger partial charge in [-0.05, 0) is 54.8 Å². The quantitative estimate of drug-likeness (QED) is 0.245. The molecule has 1 atom stereocenters. The van der Waals surface area contributed by atoms with E-state index in [0.29, 0.717) is 28.7 Å².